The van der Waals surface area contributed by atoms with Crippen molar-refractivity contribution in [2.45, 2.75) is 142 Å². The topological polar surface area (TPSA) is 23.8 Å². The average Bonchev–Trinajstić information content (AvgIpc) is 2.85. The standard InChI is InChI=1S/C31H53N/c1-3-4-5-6-25-9-13-27(14-10-25)29-19-21-31(23-32,22-20-29)30-17-15-28(16-18-30)26-11-7-24(2)8-12-26/h24-30H,3-22H2,1-2H3. The molecule has 1 heteroatoms. The maximum absolute atomic E-state index is 10.3. The molecule has 32 heavy (non-hydrogen) atoms. The quantitative estimate of drug-likeness (QED) is 0.362. The molecule has 0 amide bonds. The van der Waals surface area contributed by atoms with Gasteiger partial charge in [-0.05, 0) is 118 Å². The minimum absolute atomic E-state index is 0.0416. The first-order valence-electron chi connectivity index (χ1n) is 15.0. The Kier molecular flexibility index (Phi) is 9.04. The van der Waals surface area contributed by atoms with E-state index in [9.17, 15) is 5.26 Å². The molecular formula is C31H53N. The lowest BCUT2D eigenvalue weighted by atomic mass is 9.57. The van der Waals surface area contributed by atoms with Crippen LogP contribution in [0.3, 0.4) is 0 Å². The van der Waals surface area contributed by atoms with E-state index < -0.39 is 0 Å². The molecule has 0 spiro atoms. The molecule has 0 aromatic rings. The van der Waals surface area contributed by atoms with Crippen LogP contribution in [0.2, 0.25) is 0 Å². The van der Waals surface area contributed by atoms with E-state index in [-0.39, 0.29) is 5.41 Å². The van der Waals surface area contributed by atoms with E-state index in [1.807, 2.05) is 0 Å². The first kappa shape index (κ1) is 24.6. The Labute approximate surface area is 200 Å². The predicted molar refractivity (Wildman–Crippen MR) is 136 cm³/mol. The maximum Gasteiger partial charge on any atom is 0.0692 e. The Hall–Kier alpha value is -0.510. The van der Waals surface area contributed by atoms with Crippen LogP contribution in [0.4, 0.5) is 0 Å². The van der Waals surface area contributed by atoms with Crippen molar-refractivity contribution in [3.05, 3.63) is 0 Å². The predicted octanol–water partition coefficient (Wildman–Crippen LogP) is 9.71. The highest BCUT2D eigenvalue weighted by molar-refractivity contribution is 5.07. The molecule has 4 rings (SSSR count). The lowest BCUT2D eigenvalue weighted by Crippen LogP contribution is -2.38. The summed E-state index contributed by atoms with van der Waals surface area (Å²) in [6.07, 6.45) is 28.4. The zero-order valence-corrected chi connectivity index (χ0v) is 21.6. The van der Waals surface area contributed by atoms with Crippen molar-refractivity contribution in [1.82, 2.24) is 0 Å². The van der Waals surface area contributed by atoms with E-state index in [0.717, 1.165) is 35.5 Å². The second-order valence-electron chi connectivity index (χ2n) is 13.0. The van der Waals surface area contributed by atoms with E-state index in [2.05, 4.69) is 19.9 Å². The molecule has 0 unspecified atom stereocenters. The summed E-state index contributed by atoms with van der Waals surface area (Å²) < 4.78 is 0. The van der Waals surface area contributed by atoms with Crippen molar-refractivity contribution < 1.29 is 0 Å². The summed E-state index contributed by atoms with van der Waals surface area (Å²) in [6.45, 7) is 4.77. The van der Waals surface area contributed by atoms with Crippen LogP contribution in [0.1, 0.15) is 142 Å². The molecule has 4 saturated carbocycles. The summed E-state index contributed by atoms with van der Waals surface area (Å²) in [7, 11) is 0. The van der Waals surface area contributed by atoms with Crippen LogP contribution >= 0.6 is 0 Å². The molecule has 0 N–H and O–H groups in total. The first-order valence-corrected chi connectivity index (χ1v) is 15.0. The summed E-state index contributed by atoms with van der Waals surface area (Å²) in [5.41, 5.74) is 0.0416. The van der Waals surface area contributed by atoms with Gasteiger partial charge in [-0.1, -0.05) is 65.2 Å². The smallest absolute Gasteiger partial charge is 0.0692 e. The normalized spacial score (nSPS) is 43.5. The lowest BCUT2D eigenvalue weighted by Gasteiger charge is -2.47. The average molecular weight is 440 g/mol. The molecular weight excluding hydrogens is 386 g/mol. The molecule has 0 aromatic heterocycles. The van der Waals surface area contributed by atoms with Gasteiger partial charge < -0.3 is 0 Å². The first-order chi connectivity index (χ1) is 15.6. The minimum atomic E-state index is 0.0416. The zero-order valence-electron chi connectivity index (χ0n) is 21.6. The summed E-state index contributed by atoms with van der Waals surface area (Å²) in [5, 5.41) is 10.3. The van der Waals surface area contributed by atoms with E-state index in [0.29, 0.717) is 5.92 Å². The minimum Gasteiger partial charge on any atom is -0.198 e. The van der Waals surface area contributed by atoms with Gasteiger partial charge in [0.1, 0.15) is 0 Å². The summed E-state index contributed by atoms with van der Waals surface area (Å²) in [6, 6.07) is 2.95. The van der Waals surface area contributed by atoms with Gasteiger partial charge in [-0.25, -0.2) is 0 Å². The molecule has 0 saturated heterocycles. The molecule has 182 valence electrons. The Morgan fingerprint density at radius 2 is 1.16 bits per heavy atom. The SMILES string of the molecule is CCCCCC1CCC(C2CCC(C#N)(C3CCC(C4CCC(C)CC4)CC3)CC2)CC1. The van der Waals surface area contributed by atoms with Crippen molar-refractivity contribution in [3.8, 4) is 6.07 Å². The zero-order chi connectivity index (χ0) is 22.4. The van der Waals surface area contributed by atoms with Crippen molar-refractivity contribution in [3.63, 3.8) is 0 Å². The van der Waals surface area contributed by atoms with Gasteiger partial charge in [0.05, 0.1) is 11.5 Å². The third-order valence-electron chi connectivity index (χ3n) is 11.2. The Bertz CT molecular complexity index is 570. The van der Waals surface area contributed by atoms with Gasteiger partial charge in [-0.15, -0.1) is 0 Å². The molecule has 0 aliphatic heterocycles. The molecule has 4 fully saturated rings. The number of nitrogens with zero attached hydrogens (tertiary/aromatic N) is 1. The molecule has 0 radical (unpaired) electrons. The highest BCUT2D eigenvalue weighted by Gasteiger charge is 2.45. The van der Waals surface area contributed by atoms with Crippen LogP contribution in [0.15, 0.2) is 0 Å². The molecule has 0 heterocycles. The number of rotatable bonds is 7. The Balaban J connectivity index is 1.21. The van der Waals surface area contributed by atoms with Crippen molar-refractivity contribution in [2.75, 3.05) is 0 Å². The summed E-state index contributed by atoms with van der Waals surface area (Å²) in [5.74, 6) is 6.63. The van der Waals surface area contributed by atoms with Gasteiger partial charge in [0, 0.05) is 0 Å². The van der Waals surface area contributed by atoms with E-state index >= 15 is 0 Å². The lowest BCUT2D eigenvalue weighted by molar-refractivity contribution is 0.0490. The highest BCUT2D eigenvalue weighted by atomic mass is 14.5. The number of nitriles is 1. The van der Waals surface area contributed by atoms with Gasteiger partial charge >= 0.3 is 0 Å². The van der Waals surface area contributed by atoms with Gasteiger partial charge in [-0.2, -0.15) is 5.26 Å². The fourth-order valence-electron chi connectivity index (χ4n) is 8.77. The van der Waals surface area contributed by atoms with Crippen LogP contribution in [-0.4, -0.2) is 0 Å². The van der Waals surface area contributed by atoms with Crippen LogP contribution in [0.25, 0.3) is 0 Å². The van der Waals surface area contributed by atoms with Gasteiger partial charge in [0.15, 0.2) is 0 Å². The van der Waals surface area contributed by atoms with Gasteiger partial charge in [0.25, 0.3) is 0 Å². The van der Waals surface area contributed by atoms with Gasteiger partial charge in [0.2, 0.25) is 0 Å². The molecule has 0 atom stereocenters. The van der Waals surface area contributed by atoms with Crippen molar-refractivity contribution in [1.29, 1.82) is 5.26 Å². The van der Waals surface area contributed by atoms with Crippen LogP contribution in [-0.2, 0) is 0 Å². The highest BCUT2D eigenvalue weighted by Crippen LogP contribution is 2.53. The number of hydrogen-bond donors (Lipinski definition) is 0. The maximum atomic E-state index is 10.3. The summed E-state index contributed by atoms with van der Waals surface area (Å²) >= 11 is 0. The molecule has 0 bridgehead atoms. The largest absolute Gasteiger partial charge is 0.198 e. The molecule has 1 nitrogen and oxygen atoms in total. The Morgan fingerprint density at radius 1 is 0.656 bits per heavy atom. The van der Waals surface area contributed by atoms with Crippen molar-refractivity contribution in [2.24, 2.45) is 46.8 Å². The van der Waals surface area contributed by atoms with E-state index in [1.54, 1.807) is 0 Å². The third kappa shape index (κ3) is 5.94. The fourth-order valence-corrected chi connectivity index (χ4v) is 8.77. The molecule has 0 aromatic carbocycles. The van der Waals surface area contributed by atoms with Crippen LogP contribution < -0.4 is 0 Å². The second-order valence-corrected chi connectivity index (χ2v) is 13.0. The fraction of sp³-hybridized carbons (Fsp3) is 0.968. The van der Waals surface area contributed by atoms with Gasteiger partial charge in [-0.3, -0.25) is 0 Å². The molecule has 4 aliphatic carbocycles. The Morgan fingerprint density at radius 3 is 1.69 bits per heavy atom. The van der Waals surface area contributed by atoms with E-state index in [4.69, 9.17) is 0 Å². The number of unbranched alkanes of at least 4 members (excludes halogenated alkanes) is 2. The summed E-state index contributed by atoms with van der Waals surface area (Å²) in [4.78, 5) is 0. The monoisotopic (exact) mass is 439 g/mol. The molecule has 4 aliphatic rings. The third-order valence-corrected chi connectivity index (χ3v) is 11.2. The van der Waals surface area contributed by atoms with Crippen molar-refractivity contribution >= 4 is 0 Å². The van der Waals surface area contributed by atoms with Crippen LogP contribution in [0, 0.1) is 58.2 Å². The van der Waals surface area contributed by atoms with E-state index in [1.165, 1.54) is 128 Å². The number of hydrogen-bond acceptors (Lipinski definition) is 1. The van der Waals surface area contributed by atoms with Crippen LogP contribution in [0.5, 0.6) is 0 Å². The second kappa shape index (κ2) is 11.8.